The second kappa shape index (κ2) is 5.10. The molecule has 0 spiro atoms. The molecule has 1 aromatic carbocycles. The summed E-state index contributed by atoms with van der Waals surface area (Å²) in [5.41, 5.74) is 1.50. The molecule has 0 bridgehead atoms. The molecule has 0 unspecified atom stereocenters. The number of H-pyrrole nitrogens is 2. The van der Waals surface area contributed by atoms with Gasteiger partial charge in [-0.1, -0.05) is 18.2 Å². The van der Waals surface area contributed by atoms with E-state index < -0.39 is 0 Å². The van der Waals surface area contributed by atoms with E-state index in [0.717, 1.165) is 29.6 Å². The number of nitrogens with zero attached hydrogens (tertiary/aromatic N) is 2. The van der Waals surface area contributed by atoms with Crippen molar-refractivity contribution >= 4 is 29.0 Å². The number of aromatic amines is 2. The van der Waals surface area contributed by atoms with E-state index in [4.69, 9.17) is 12.2 Å². The lowest BCUT2D eigenvalue weighted by Gasteiger charge is -2.06. The van der Waals surface area contributed by atoms with Gasteiger partial charge in [0.2, 0.25) is 0 Å². The van der Waals surface area contributed by atoms with Crippen LogP contribution in [0.2, 0.25) is 0 Å². The average Bonchev–Trinajstić information content (AvgIpc) is 3.15. The molecule has 22 heavy (non-hydrogen) atoms. The van der Waals surface area contributed by atoms with Crippen LogP contribution in [0.3, 0.4) is 0 Å². The zero-order chi connectivity index (χ0) is 15.1. The summed E-state index contributed by atoms with van der Waals surface area (Å²) in [7, 11) is 0. The van der Waals surface area contributed by atoms with E-state index in [2.05, 4.69) is 20.5 Å². The van der Waals surface area contributed by atoms with Gasteiger partial charge in [0.25, 0.3) is 5.91 Å². The number of carbonyl (C=O) groups is 1. The third-order valence-corrected chi connectivity index (χ3v) is 4.16. The molecule has 2 aromatic heterocycles. The minimum absolute atomic E-state index is 0.146. The third kappa shape index (κ3) is 2.33. The molecule has 3 aromatic rings. The molecule has 0 saturated heterocycles. The number of carbonyl (C=O) groups excluding carboxylic acids is 1. The number of benzene rings is 1. The number of hydrogen-bond donors (Lipinski definition) is 3. The van der Waals surface area contributed by atoms with Crippen LogP contribution in [0.15, 0.2) is 30.3 Å². The van der Waals surface area contributed by atoms with E-state index in [-0.39, 0.29) is 5.91 Å². The van der Waals surface area contributed by atoms with Crippen molar-refractivity contribution in [2.24, 2.45) is 0 Å². The lowest BCUT2D eigenvalue weighted by Crippen LogP contribution is -2.25. The van der Waals surface area contributed by atoms with Crippen LogP contribution in [0, 0.1) is 4.77 Å². The van der Waals surface area contributed by atoms with E-state index in [1.54, 1.807) is 0 Å². The Labute approximate surface area is 131 Å². The topological polar surface area (TPSA) is 78.5 Å². The van der Waals surface area contributed by atoms with Crippen LogP contribution in [0.1, 0.15) is 35.2 Å². The molecule has 1 saturated carbocycles. The van der Waals surface area contributed by atoms with Crippen LogP contribution in [0.5, 0.6) is 0 Å². The monoisotopic (exact) mass is 313 g/mol. The second-order valence-corrected chi connectivity index (χ2v) is 5.89. The van der Waals surface area contributed by atoms with Gasteiger partial charge in [0.15, 0.2) is 10.6 Å². The fourth-order valence-corrected chi connectivity index (χ4v) is 2.92. The highest BCUT2D eigenvalue weighted by Crippen LogP contribution is 2.35. The van der Waals surface area contributed by atoms with E-state index in [0.29, 0.717) is 23.1 Å². The molecule has 0 atom stereocenters. The maximum atomic E-state index is 12.3. The summed E-state index contributed by atoms with van der Waals surface area (Å²) in [4.78, 5) is 15.4. The molecular formula is C15H15N5OS. The zero-order valence-corrected chi connectivity index (χ0v) is 12.6. The molecule has 1 aliphatic carbocycles. The van der Waals surface area contributed by atoms with Gasteiger partial charge in [-0.05, 0) is 37.2 Å². The zero-order valence-electron chi connectivity index (χ0n) is 11.8. The van der Waals surface area contributed by atoms with E-state index in [1.165, 1.54) is 0 Å². The summed E-state index contributed by atoms with van der Waals surface area (Å²) < 4.78 is 2.62. The SMILES string of the molecule is O=C(NCc1n[nH]c(=S)n1C1CC1)c1cc2ccccc2[nH]1. The highest BCUT2D eigenvalue weighted by molar-refractivity contribution is 7.71. The summed E-state index contributed by atoms with van der Waals surface area (Å²) in [5.74, 6) is 0.629. The smallest absolute Gasteiger partial charge is 0.268 e. The van der Waals surface area contributed by atoms with E-state index in [9.17, 15) is 4.79 Å². The van der Waals surface area contributed by atoms with Gasteiger partial charge < -0.3 is 10.3 Å². The molecule has 2 heterocycles. The van der Waals surface area contributed by atoms with Gasteiger partial charge in [0.1, 0.15) is 5.69 Å². The standard InChI is InChI=1S/C15H15N5OS/c21-14(12-7-9-3-1-2-4-11(9)17-12)16-8-13-18-19-15(22)20(13)10-5-6-10/h1-4,7,10,17H,5-6,8H2,(H,16,21)(H,19,22). The predicted octanol–water partition coefficient (Wildman–Crippen LogP) is 2.69. The van der Waals surface area contributed by atoms with Gasteiger partial charge in [0.05, 0.1) is 6.54 Å². The first-order valence-electron chi connectivity index (χ1n) is 7.24. The maximum Gasteiger partial charge on any atom is 0.268 e. The number of amides is 1. The van der Waals surface area contributed by atoms with Gasteiger partial charge in [-0.2, -0.15) is 5.10 Å². The normalized spacial score (nSPS) is 14.4. The van der Waals surface area contributed by atoms with Crippen LogP contribution >= 0.6 is 12.2 Å². The Morgan fingerprint density at radius 2 is 2.23 bits per heavy atom. The molecule has 0 aliphatic heterocycles. The van der Waals surface area contributed by atoms with E-state index >= 15 is 0 Å². The van der Waals surface area contributed by atoms with E-state index in [1.807, 2.05) is 34.9 Å². The lowest BCUT2D eigenvalue weighted by molar-refractivity contribution is 0.0945. The third-order valence-electron chi connectivity index (χ3n) is 3.87. The van der Waals surface area contributed by atoms with Gasteiger partial charge in [-0.3, -0.25) is 14.5 Å². The van der Waals surface area contributed by atoms with Crippen molar-refractivity contribution in [3.8, 4) is 0 Å². The molecule has 6 nitrogen and oxygen atoms in total. The molecule has 1 aliphatic rings. The summed E-state index contributed by atoms with van der Waals surface area (Å²) in [5, 5.41) is 10.9. The number of aromatic nitrogens is 4. The quantitative estimate of drug-likeness (QED) is 0.648. The number of hydrogen-bond acceptors (Lipinski definition) is 3. The van der Waals surface area contributed by atoms with Crippen LogP contribution in [0.25, 0.3) is 10.9 Å². The number of nitrogens with one attached hydrogen (secondary N) is 3. The number of fused-ring (bicyclic) bond motifs is 1. The lowest BCUT2D eigenvalue weighted by atomic mass is 10.2. The first-order valence-corrected chi connectivity index (χ1v) is 7.65. The van der Waals surface area contributed by atoms with Crippen molar-refractivity contribution in [1.82, 2.24) is 25.1 Å². The number of para-hydroxylation sites is 1. The molecular weight excluding hydrogens is 298 g/mol. The first kappa shape index (κ1) is 13.3. The highest BCUT2D eigenvalue weighted by Gasteiger charge is 2.27. The Bertz CT molecular complexity index is 869. The van der Waals surface area contributed by atoms with Gasteiger partial charge in [-0.15, -0.1) is 0 Å². The molecule has 0 radical (unpaired) electrons. The summed E-state index contributed by atoms with van der Waals surface area (Å²) in [6.07, 6.45) is 2.24. The van der Waals surface area contributed by atoms with Crippen molar-refractivity contribution in [1.29, 1.82) is 0 Å². The predicted molar refractivity (Wildman–Crippen MR) is 85.2 cm³/mol. The Morgan fingerprint density at radius 3 is 3.00 bits per heavy atom. The Balaban J connectivity index is 1.51. The van der Waals surface area contributed by atoms with Gasteiger partial charge in [-0.25, -0.2) is 0 Å². The highest BCUT2D eigenvalue weighted by atomic mass is 32.1. The van der Waals surface area contributed by atoms with Crippen molar-refractivity contribution in [3.63, 3.8) is 0 Å². The van der Waals surface area contributed by atoms with Crippen LogP contribution < -0.4 is 5.32 Å². The molecule has 1 amide bonds. The Morgan fingerprint density at radius 1 is 1.41 bits per heavy atom. The van der Waals surface area contributed by atoms with Crippen LogP contribution in [-0.2, 0) is 6.54 Å². The molecule has 7 heteroatoms. The van der Waals surface area contributed by atoms with Crippen molar-refractivity contribution < 1.29 is 4.79 Å². The number of rotatable bonds is 4. The van der Waals surface area contributed by atoms with Crippen molar-refractivity contribution in [2.45, 2.75) is 25.4 Å². The van der Waals surface area contributed by atoms with Crippen LogP contribution in [0.4, 0.5) is 0 Å². The summed E-state index contributed by atoms with van der Waals surface area (Å²) in [6.45, 7) is 0.359. The van der Waals surface area contributed by atoms with Crippen molar-refractivity contribution in [3.05, 3.63) is 46.6 Å². The van der Waals surface area contributed by atoms with Gasteiger partial charge >= 0.3 is 0 Å². The largest absolute Gasteiger partial charge is 0.351 e. The summed E-state index contributed by atoms with van der Waals surface area (Å²) >= 11 is 5.23. The van der Waals surface area contributed by atoms with Crippen LogP contribution in [-0.4, -0.2) is 25.7 Å². The molecule has 1 fully saturated rings. The minimum atomic E-state index is -0.146. The maximum absolute atomic E-state index is 12.3. The Kier molecular flexibility index (Phi) is 3.07. The first-order chi connectivity index (χ1) is 10.7. The second-order valence-electron chi connectivity index (χ2n) is 5.50. The molecule has 3 N–H and O–H groups in total. The molecule has 4 rings (SSSR count). The average molecular weight is 313 g/mol. The summed E-state index contributed by atoms with van der Waals surface area (Å²) in [6, 6.07) is 10.1. The molecule has 112 valence electrons. The van der Waals surface area contributed by atoms with Crippen molar-refractivity contribution in [2.75, 3.05) is 0 Å². The Hall–Kier alpha value is -2.41. The fraction of sp³-hybridized carbons (Fsp3) is 0.267. The van der Waals surface area contributed by atoms with Gasteiger partial charge in [0, 0.05) is 16.9 Å². The minimum Gasteiger partial charge on any atom is -0.351 e. The fourth-order valence-electron chi connectivity index (χ4n) is 2.62.